The molecule has 2 nitrogen and oxygen atoms in total. The first kappa shape index (κ1) is 15.9. The minimum absolute atomic E-state index is 0.0102. The Hall–Kier alpha value is -3.00. The van der Waals surface area contributed by atoms with E-state index in [1.807, 2.05) is 72.4 Å². The van der Waals surface area contributed by atoms with E-state index in [4.69, 9.17) is 0 Å². The molecule has 0 spiro atoms. The second-order valence-corrected chi connectivity index (χ2v) is 5.87. The topological polar surface area (TPSA) is 20.9 Å². The van der Waals surface area contributed by atoms with Gasteiger partial charge >= 0.3 is 0 Å². The van der Waals surface area contributed by atoms with Crippen LogP contribution in [0, 0.1) is 6.92 Å². The van der Waals surface area contributed by atoms with Crippen molar-refractivity contribution in [2.45, 2.75) is 13.3 Å². The number of rotatable bonds is 5. The minimum atomic E-state index is 0.0102. The molecule has 0 N–H and O–H groups in total. The molecule has 2 aromatic carbocycles. The van der Waals surface area contributed by atoms with Crippen LogP contribution in [0.4, 0.5) is 0 Å². The van der Waals surface area contributed by atoms with Crippen LogP contribution >= 0.6 is 0 Å². The Kier molecular flexibility index (Phi) is 4.97. The van der Waals surface area contributed by atoms with E-state index in [1.54, 1.807) is 12.3 Å². The molecule has 0 bridgehead atoms. The normalized spacial score (nSPS) is 10.9. The molecule has 0 amide bonds. The molecule has 1 aromatic heterocycles. The Morgan fingerprint density at radius 1 is 0.917 bits per heavy atom. The van der Waals surface area contributed by atoms with Gasteiger partial charge in [-0.1, -0.05) is 60.2 Å². The van der Waals surface area contributed by atoms with E-state index < -0.39 is 0 Å². The molecule has 0 aliphatic rings. The predicted molar refractivity (Wildman–Crippen MR) is 96.7 cm³/mol. The molecule has 118 valence electrons. The van der Waals surface area contributed by atoms with Gasteiger partial charge in [-0.2, -0.15) is 4.57 Å². The zero-order chi connectivity index (χ0) is 16.8. The second kappa shape index (κ2) is 7.51. The number of nitrogens with zero attached hydrogens (tertiary/aromatic N) is 1. The highest BCUT2D eigenvalue weighted by atomic mass is 16.1. The van der Waals surface area contributed by atoms with Gasteiger partial charge < -0.3 is 0 Å². The number of carbonyl (C=O) groups is 1. The lowest BCUT2D eigenvalue weighted by molar-refractivity contribution is -0.568. The summed E-state index contributed by atoms with van der Waals surface area (Å²) in [6.45, 7) is 2.01. The molecule has 0 radical (unpaired) electrons. The average molecular weight is 314 g/mol. The molecule has 24 heavy (non-hydrogen) atoms. The van der Waals surface area contributed by atoms with E-state index in [-0.39, 0.29) is 5.78 Å². The Morgan fingerprint density at radius 3 is 2.38 bits per heavy atom. The number of ketones is 1. The van der Waals surface area contributed by atoms with Crippen LogP contribution in [-0.4, -0.2) is 5.78 Å². The van der Waals surface area contributed by atoms with Crippen molar-refractivity contribution in [3.8, 4) is 0 Å². The molecule has 3 rings (SSSR count). The van der Waals surface area contributed by atoms with Crippen molar-refractivity contribution in [3.63, 3.8) is 0 Å². The zero-order valence-corrected chi connectivity index (χ0v) is 13.7. The van der Waals surface area contributed by atoms with Gasteiger partial charge in [0, 0.05) is 23.6 Å². The van der Waals surface area contributed by atoms with Gasteiger partial charge in [-0.05, 0) is 18.6 Å². The summed E-state index contributed by atoms with van der Waals surface area (Å²) in [4.78, 5) is 12.2. The zero-order valence-electron chi connectivity index (χ0n) is 13.7. The first-order valence-electron chi connectivity index (χ1n) is 8.03. The number of aryl methyl sites for hydroxylation is 1. The van der Waals surface area contributed by atoms with Crippen LogP contribution in [0.5, 0.6) is 0 Å². The molecule has 0 fully saturated rings. The Bertz CT molecular complexity index is 849. The number of pyridine rings is 1. The molecular weight excluding hydrogens is 294 g/mol. The fraction of sp³-hybridized carbons (Fsp3) is 0.0909. The van der Waals surface area contributed by atoms with E-state index in [9.17, 15) is 4.79 Å². The quantitative estimate of drug-likeness (QED) is 0.392. The predicted octanol–water partition coefficient (Wildman–Crippen LogP) is 4.23. The lowest BCUT2D eigenvalue weighted by atomic mass is 10.1. The van der Waals surface area contributed by atoms with Crippen molar-refractivity contribution in [3.05, 3.63) is 107 Å². The number of aromatic nitrogens is 1. The SMILES string of the molecule is Cc1ccc(C(=O)/C=C/[n+]2cccc(Cc3ccccc3)c2)cc1. The first-order chi connectivity index (χ1) is 11.7. The largest absolute Gasteiger partial charge is 0.289 e. The summed E-state index contributed by atoms with van der Waals surface area (Å²) in [5.41, 5.74) is 4.34. The van der Waals surface area contributed by atoms with Crippen LogP contribution in [0.2, 0.25) is 0 Å². The highest BCUT2D eigenvalue weighted by Gasteiger charge is 2.04. The summed E-state index contributed by atoms with van der Waals surface area (Å²) < 4.78 is 1.92. The smallest absolute Gasteiger partial charge is 0.191 e. The van der Waals surface area contributed by atoms with E-state index in [0.717, 1.165) is 12.0 Å². The van der Waals surface area contributed by atoms with E-state index in [1.165, 1.54) is 11.1 Å². The van der Waals surface area contributed by atoms with E-state index >= 15 is 0 Å². The van der Waals surface area contributed by atoms with Crippen LogP contribution < -0.4 is 4.57 Å². The van der Waals surface area contributed by atoms with Gasteiger partial charge in [0.25, 0.3) is 0 Å². The number of benzene rings is 2. The third-order valence-electron chi connectivity index (χ3n) is 3.87. The van der Waals surface area contributed by atoms with Crippen molar-refractivity contribution in [1.29, 1.82) is 0 Å². The third-order valence-corrected chi connectivity index (χ3v) is 3.87. The van der Waals surface area contributed by atoms with Gasteiger partial charge in [-0.15, -0.1) is 0 Å². The Morgan fingerprint density at radius 2 is 1.62 bits per heavy atom. The first-order valence-corrected chi connectivity index (χ1v) is 8.03. The van der Waals surface area contributed by atoms with Crippen LogP contribution in [-0.2, 0) is 6.42 Å². The highest BCUT2D eigenvalue weighted by molar-refractivity contribution is 6.05. The van der Waals surface area contributed by atoms with Gasteiger partial charge in [0.15, 0.2) is 24.4 Å². The average Bonchev–Trinajstić information content (AvgIpc) is 2.61. The maximum absolute atomic E-state index is 12.2. The Labute approximate surface area is 142 Å². The highest BCUT2D eigenvalue weighted by Crippen LogP contribution is 2.07. The number of hydrogen-bond acceptors (Lipinski definition) is 1. The molecule has 0 atom stereocenters. The summed E-state index contributed by atoms with van der Waals surface area (Å²) in [6, 6.07) is 22.1. The molecule has 0 aliphatic heterocycles. The van der Waals surface area contributed by atoms with Crippen LogP contribution in [0.15, 0.2) is 85.2 Å². The number of allylic oxidation sites excluding steroid dienone is 1. The van der Waals surface area contributed by atoms with Crippen LogP contribution in [0.3, 0.4) is 0 Å². The van der Waals surface area contributed by atoms with E-state index in [2.05, 4.69) is 18.2 Å². The van der Waals surface area contributed by atoms with Gasteiger partial charge in [-0.3, -0.25) is 4.79 Å². The minimum Gasteiger partial charge on any atom is -0.289 e. The maximum Gasteiger partial charge on any atom is 0.191 e. The standard InChI is InChI=1S/C22H20NO/c1-18-9-11-21(12-10-18)22(24)13-15-23-14-5-8-20(17-23)16-19-6-3-2-4-7-19/h2-15,17H,16H2,1H3/q+1/b15-13+. The summed E-state index contributed by atoms with van der Waals surface area (Å²) >= 11 is 0. The van der Waals surface area contributed by atoms with Crippen molar-refractivity contribution in [2.24, 2.45) is 0 Å². The molecule has 2 heteroatoms. The Balaban J connectivity index is 1.72. The van der Waals surface area contributed by atoms with Gasteiger partial charge in [0.2, 0.25) is 0 Å². The van der Waals surface area contributed by atoms with Gasteiger partial charge in [0.1, 0.15) is 0 Å². The van der Waals surface area contributed by atoms with Crippen molar-refractivity contribution in [1.82, 2.24) is 0 Å². The lowest BCUT2D eigenvalue weighted by Crippen LogP contribution is -2.25. The summed E-state index contributed by atoms with van der Waals surface area (Å²) in [5, 5.41) is 0. The number of carbonyl (C=O) groups excluding carboxylic acids is 1. The maximum atomic E-state index is 12.2. The monoisotopic (exact) mass is 314 g/mol. The third kappa shape index (κ3) is 4.26. The molecule has 0 saturated carbocycles. The molecular formula is C22H20NO+. The summed E-state index contributed by atoms with van der Waals surface area (Å²) in [5.74, 6) is 0.0102. The van der Waals surface area contributed by atoms with Crippen molar-refractivity contribution >= 4 is 12.0 Å². The lowest BCUT2D eigenvalue weighted by Gasteiger charge is -1.99. The second-order valence-electron chi connectivity index (χ2n) is 5.87. The van der Waals surface area contributed by atoms with Gasteiger partial charge in [-0.25, -0.2) is 0 Å². The fourth-order valence-electron chi connectivity index (χ4n) is 2.54. The summed E-state index contributed by atoms with van der Waals surface area (Å²) in [7, 11) is 0. The molecule has 1 heterocycles. The molecule has 3 aromatic rings. The summed E-state index contributed by atoms with van der Waals surface area (Å²) in [6.07, 6.45) is 8.27. The molecule has 0 unspecified atom stereocenters. The van der Waals surface area contributed by atoms with Gasteiger partial charge in [0.05, 0.1) is 6.08 Å². The molecule has 0 saturated heterocycles. The molecule has 0 aliphatic carbocycles. The van der Waals surface area contributed by atoms with E-state index in [0.29, 0.717) is 5.56 Å². The number of hydrogen-bond donors (Lipinski definition) is 0. The van der Waals surface area contributed by atoms with Crippen molar-refractivity contribution in [2.75, 3.05) is 0 Å². The fourth-order valence-corrected chi connectivity index (χ4v) is 2.54. The van der Waals surface area contributed by atoms with Crippen LogP contribution in [0.25, 0.3) is 6.20 Å². The van der Waals surface area contributed by atoms with Crippen molar-refractivity contribution < 1.29 is 9.36 Å². The van der Waals surface area contributed by atoms with Crippen LogP contribution in [0.1, 0.15) is 27.0 Å².